The van der Waals surface area contributed by atoms with E-state index in [1.165, 1.54) is 10.9 Å². The topological polar surface area (TPSA) is 99.0 Å². The van der Waals surface area contributed by atoms with Crippen LogP contribution in [-0.2, 0) is 17.9 Å². The van der Waals surface area contributed by atoms with Gasteiger partial charge in [-0.3, -0.25) is 9.48 Å². The van der Waals surface area contributed by atoms with Gasteiger partial charge in [0.05, 0.1) is 24.1 Å². The summed E-state index contributed by atoms with van der Waals surface area (Å²) in [6, 6.07) is 1.77. The molecule has 2 aromatic rings. The minimum atomic E-state index is -0.165. The van der Waals surface area contributed by atoms with Crippen LogP contribution in [-0.4, -0.2) is 20.8 Å². The highest BCUT2D eigenvalue weighted by molar-refractivity contribution is 5.75. The fourth-order valence-electron chi connectivity index (χ4n) is 1.35. The van der Waals surface area contributed by atoms with Gasteiger partial charge in [-0.05, 0) is 6.92 Å². The highest BCUT2D eigenvalue weighted by atomic mass is 16.5. The minimum Gasteiger partial charge on any atom is -0.396 e. The van der Waals surface area contributed by atoms with Gasteiger partial charge in [0.2, 0.25) is 5.91 Å². The van der Waals surface area contributed by atoms with Gasteiger partial charge in [-0.15, -0.1) is 0 Å². The molecule has 0 bridgehead atoms. The average Bonchev–Trinajstić information content (AvgIpc) is 2.85. The number of hydrogen-bond donors (Lipinski definition) is 2. The molecular weight excluding hydrogens is 222 g/mol. The van der Waals surface area contributed by atoms with E-state index in [2.05, 4.69) is 15.6 Å². The zero-order valence-electron chi connectivity index (χ0n) is 9.38. The maximum Gasteiger partial charge on any atom is 0.242 e. The number of nitrogens with zero attached hydrogens (tertiary/aromatic N) is 3. The van der Waals surface area contributed by atoms with Crippen molar-refractivity contribution in [1.29, 1.82) is 0 Å². The van der Waals surface area contributed by atoms with Crippen molar-refractivity contribution in [2.75, 3.05) is 5.73 Å². The molecule has 0 radical (unpaired) electrons. The fourth-order valence-corrected chi connectivity index (χ4v) is 1.35. The van der Waals surface area contributed by atoms with E-state index in [1.54, 1.807) is 12.3 Å². The molecule has 1 amide bonds. The number of anilines is 1. The molecule has 7 heteroatoms. The van der Waals surface area contributed by atoms with Gasteiger partial charge in [-0.1, -0.05) is 5.16 Å². The van der Waals surface area contributed by atoms with Crippen LogP contribution < -0.4 is 11.1 Å². The van der Waals surface area contributed by atoms with Gasteiger partial charge in [0.1, 0.15) is 6.54 Å². The summed E-state index contributed by atoms with van der Waals surface area (Å²) >= 11 is 0. The van der Waals surface area contributed by atoms with Crippen LogP contribution in [0.25, 0.3) is 0 Å². The van der Waals surface area contributed by atoms with E-state index in [0.717, 1.165) is 5.69 Å². The summed E-state index contributed by atoms with van der Waals surface area (Å²) in [6.07, 6.45) is 3.09. The molecule has 0 unspecified atom stereocenters. The maximum absolute atomic E-state index is 11.5. The Morgan fingerprint density at radius 3 is 3.06 bits per heavy atom. The largest absolute Gasteiger partial charge is 0.396 e. The predicted octanol–water partition coefficient (Wildman–Crippen LogP) is 0.0781. The number of amides is 1. The molecule has 3 N–H and O–H groups in total. The fraction of sp³-hybridized carbons (Fsp3) is 0.300. The van der Waals surface area contributed by atoms with Crippen LogP contribution in [0.1, 0.15) is 11.5 Å². The molecule has 90 valence electrons. The van der Waals surface area contributed by atoms with E-state index < -0.39 is 0 Å². The normalized spacial score (nSPS) is 10.4. The van der Waals surface area contributed by atoms with E-state index >= 15 is 0 Å². The number of nitrogens with two attached hydrogens (primary N) is 1. The molecule has 0 atom stereocenters. The lowest BCUT2D eigenvalue weighted by atomic mass is 10.4. The van der Waals surface area contributed by atoms with E-state index in [4.69, 9.17) is 10.3 Å². The number of hydrogen-bond acceptors (Lipinski definition) is 5. The van der Waals surface area contributed by atoms with Crippen LogP contribution in [0, 0.1) is 6.92 Å². The van der Waals surface area contributed by atoms with Gasteiger partial charge in [0, 0.05) is 12.3 Å². The first kappa shape index (κ1) is 11.2. The van der Waals surface area contributed by atoms with Crippen molar-refractivity contribution in [3.63, 3.8) is 0 Å². The van der Waals surface area contributed by atoms with Crippen LogP contribution in [0.15, 0.2) is 23.0 Å². The van der Waals surface area contributed by atoms with Gasteiger partial charge in [0.25, 0.3) is 0 Å². The van der Waals surface area contributed by atoms with Crippen molar-refractivity contribution < 1.29 is 9.32 Å². The lowest BCUT2D eigenvalue weighted by molar-refractivity contribution is -0.122. The standard InChI is InChI=1S/C10H13N5O2/c1-7-2-9(17-14-7)4-12-10(16)6-15-5-8(11)3-13-15/h2-3,5H,4,6,11H2,1H3,(H,12,16). The quantitative estimate of drug-likeness (QED) is 0.781. The molecular formula is C10H13N5O2. The first-order valence-corrected chi connectivity index (χ1v) is 5.10. The monoisotopic (exact) mass is 235 g/mol. The Kier molecular flexibility index (Phi) is 3.08. The summed E-state index contributed by atoms with van der Waals surface area (Å²) in [5.41, 5.74) is 6.80. The molecule has 2 rings (SSSR count). The van der Waals surface area contributed by atoms with Crippen LogP contribution in [0.5, 0.6) is 0 Å². The van der Waals surface area contributed by atoms with Crippen molar-refractivity contribution in [2.24, 2.45) is 0 Å². The Bertz CT molecular complexity index is 516. The van der Waals surface area contributed by atoms with E-state index in [9.17, 15) is 4.79 Å². The minimum absolute atomic E-state index is 0.129. The third kappa shape index (κ3) is 3.07. The smallest absolute Gasteiger partial charge is 0.242 e. The number of nitrogen functional groups attached to an aromatic ring is 1. The SMILES string of the molecule is Cc1cc(CNC(=O)Cn2cc(N)cn2)on1. The van der Waals surface area contributed by atoms with Gasteiger partial charge in [-0.2, -0.15) is 5.10 Å². The van der Waals surface area contributed by atoms with Crippen molar-refractivity contribution in [2.45, 2.75) is 20.0 Å². The number of nitrogens with one attached hydrogen (secondary N) is 1. The second kappa shape index (κ2) is 4.69. The third-order valence-electron chi connectivity index (χ3n) is 2.10. The summed E-state index contributed by atoms with van der Waals surface area (Å²) < 4.78 is 6.43. The van der Waals surface area contributed by atoms with Gasteiger partial charge >= 0.3 is 0 Å². The maximum atomic E-state index is 11.5. The highest BCUT2D eigenvalue weighted by Crippen LogP contribution is 2.01. The Balaban J connectivity index is 1.82. The molecule has 17 heavy (non-hydrogen) atoms. The number of carbonyl (C=O) groups excluding carboxylic acids is 1. The molecule has 2 aromatic heterocycles. The second-order valence-electron chi connectivity index (χ2n) is 3.68. The lowest BCUT2D eigenvalue weighted by Crippen LogP contribution is -2.27. The van der Waals surface area contributed by atoms with Gasteiger partial charge in [-0.25, -0.2) is 0 Å². The predicted molar refractivity (Wildman–Crippen MR) is 59.7 cm³/mol. The number of carbonyl (C=O) groups is 1. The molecule has 0 aliphatic heterocycles. The summed E-state index contributed by atoms with van der Waals surface area (Å²) in [4.78, 5) is 11.5. The molecule has 0 aliphatic carbocycles. The molecule has 0 saturated heterocycles. The zero-order valence-corrected chi connectivity index (χ0v) is 9.38. The molecule has 0 aliphatic rings. The van der Waals surface area contributed by atoms with Crippen molar-refractivity contribution in [1.82, 2.24) is 20.3 Å². The van der Waals surface area contributed by atoms with Gasteiger partial charge < -0.3 is 15.6 Å². The average molecular weight is 235 g/mol. The molecule has 7 nitrogen and oxygen atoms in total. The first-order chi connectivity index (χ1) is 8.13. The Morgan fingerprint density at radius 2 is 2.47 bits per heavy atom. The van der Waals surface area contributed by atoms with E-state index in [1.807, 2.05) is 6.92 Å². The van der Waals surface area contributed by atoms with Crippen molar-refractivity contribution >= 4 is 11.6 Å². The third-order valence-corrected chi connectivity index (χ3v) is 2.10. The van der Waals surface area contributed by atoms with E-state index in [-0.39, 0.29) is 12.5 Å². The highest BCUT2D eigenvalue weighted by Gasteiger charge is 2.06. The first-order valence-electron chi connectivity index (χ1n) is 5.10. The Morgan fingerprint density at radius 1 is 1.65 bits per heavy atom. The summed E-state index contributed by atoms with van der Waals surface area (Å²) in [6.45, 7) is 2.27. The molecule has 0 aromatic carbocycles. The summed E-state index contributed by atoms with van der Waals surface area (Å²) in [7, 11) is 0. The number of aryl methyl sites for hydroxylation is 1. The van der Waals surface area contributed by atoms with Crippen molar-refractivity contribution in [3.05, 3.63) is 29.9 Å². The Hall–Kier alpha value is -2.31. The zero-order chi connectivity index (χ0) is 12.3. The van der Waals surface area contributed by atoms with Crippen LogP contribution >= 0.6 is 0 Å². The summed E-state index contributed by atoms with van der Waals surface area (Å²) in [5.74, 6) is 0.456. The lowest BCUT2D eigenvalue weighted by Gasteiger charge is -2.02. The molecule has 2 heterocycles. The second-order valence-corrected chi connectivity index (χ2v) is 3.68. The van der Waals surface area contributed by atoms with Crippen LogP contribution in [0.3, 0.4) is 0 Å². The number of rotatable bonds is 4. The van der Waals surface area contributed by atoms with E-state index in [0.29, 0.717) is 18.0 Å². The molecule has 0 spiro atoms. The van der Waals surface area contributed by atoms with Gasteiger partial charge in [0.15, 0.2) is 5.76 Å². The van der Waals surface area contributed by atoms with Crippen molar-refractivity contribution in [3.8, 4) is 0 Å². The van der Waals surface area contributed by atoms with Crippen LogP contribution in [0.4, 0.5) is 5.69 Å². The molecule has 0 saturated carbocycles. The van der Waals surface area contributed by atoms with Crippen LogP contribution in [0.2, 0.25) is 0 Å². The summed E-state index contributed by atoms with van der Waals surface area (Å²) in [5, 5.41) is 10.3. The number of aromatic nitrogens is 3. The molecule has 0 fully saturated rings. The Labute approximate surface area is 97.6 Å².